The number of nitrogens with zero attached hydrogens (tertiary/aromatic N) is 2. The summed E-state index contributed by atoms with van der Waals surface area (Å²) in [6.07, 6.45) is 0. The summed E-state index contributed by atoms with van der Waals surface area (Å²) in [5.74, 6) is 1.58. The number of sulfonamides is 1. The molecule has 0 bridgehead atoms. The van der Waals surface area contributed by atoms with E-state index in [9.17, 15) is 8.42 Å². The first-order valence-electron chi connectivity index (χ1n) is 9.70. The lowest BCUT2D eigenvalue weighted by molar-refractivity contribution is 0.179. The van der Waals surface area contributed by atoms with Crippen LogP contribution < -0.4 is 9.47 Å². The molecule has 0 N–H and O–H groups in total. The van der Waals surface area contributed by atoms with Crippen LogP contribution in [-0.4, -0.2) is 57.0 Å². The lowest BCUT2D eigenvalue weighted by Gasteiger charge is -2.34. The fraction of sp³-hybridized carbons (Fsp3) is 0.429. The van der Waals surface area contributed by atoms with E-state index in [0.29, 0.717) is 50.0 Å². The van der Waals surface area contributed by atoms with Crippen LogP contribution in [-0.2, 0) is 16.6 Å². The first-order chi connectivity index (χ1) is 13.5. The highest BCUT2D eigenvalue weighted by Crippen LogP contribution is 2.23. The number of hydrogen-bond donors (Lipinski definition) is 0. The number of hydrogen-bond acceptors (Lipinski definition) is 5. The predicted molar refractivity (Wildman–Crippen MR) is 109 cm³/mol. The average Bonchev–Trinajstić information content (AvgIpc) is 2.71. The fourth-order valence-electron chi connectivity index (χ4n) is 3.32. The van der Waals surface area contributed by atoms with Crippen LogP contribution in [0.3, 0.4) is 0 Å². The lowest BCUT2D eigenvalue weighted by atomic mass is 10.2. The van der Waals surface area contributed by atoms with Gasteiger partial charge in [0, 0.05) is 38.3 Å². The van der Waals surface area contributed by atoms with Crippen LogP contribution in [0.25, 0.3) is 0 Å². The molecule has 6 nitrogen and oxygen atoms in total. The Kier molecular flexibility index (Phi) is 6.93. The quantitative estimate of drug-likeness (QED) is 0.677. The maximum atomic E-state index is 12.9. The summed E-state index contributed by atoms with van der Waals surface area (Å²) < 4.78 is 38.5. The van der Waals surface area contributed by atoms with E-state index in [-0.39, 0.29) is 0 Å². The van der Waals surface area contributed by atoms with E-state index in [1.54, 1.807) is 28.6 Å². The van der Waals surface area contributed by atoms with Gasteiger partial charge in [-0.1, -0.05) is 18.2 Å². The second-order valence-electron chi connectivity index (χ2n) is 6.63. The van der Waals surface area contributed by atoms with Gasteiger partial charge in [0.25, 0.3) is 0 Å². The van der Waals surface area contributed by atoms with Crippen LogP contribution in [0.1, 0.15) is 19.4 Å². The zero-order chi connectivity index (χ0) is 20.0. The third-order valence-corrected chi connectivity index (χ3v) is 6.68. The summed E-state index contributed by atoms with van der Waals surface area (Å²) in [4.78, 5) is 2.58. The van der Waals surface area contributed by atoms with Crippen LogP contribution in [0.15, 0.2) is 53.4 Å². The molecule has 0 spiro atoms. The molecule has 1 aliphatic heterocycles. The Labute approximate surface area is 167 Å². The van der Waals surface area contributed by atoms with Crippen LogP contribution in [0, 0.1) is 0 Å². The van der Waals surface area contributed by atoms with Crippen molar-refractivity contribution in [3.05, 3.63) is 54.1 Å². The van der Waals surface area contributed by atoms with E-state index in [1.165, 1.54) is 0 Å². The predicted octanol–water partition coefficient (Wildman–Crippen LogP) is 2.99. The summed E-state index contributed by atoms with van der Waals surface area (Å²) >= 11 is 0. The van der Waals surface area contributed by atoms with Crippen LogP contribution >= 0.6 is 0 Å². The zero-order valence-electron chi connectivity index (χ0n) is 16.5. The van der Waals surface area contributed by atoms with Gasteiger partial charge >= 0.3 is 0 Å². The molecule has 1 aliphatic rings. The highest BCUT2D eigenvalue weighted by Gasteiger charge is 2.28. The summed E-state index contributed by atoms with van der Waals surface area (Å²) in [5.41, 5.74) is 1.13. The first-order valence-corrected chi connectivity index (χ1v) is 11.1. The van der Waals surface area contributed by atoms with E-state index < -0.39 is 10.0 Å². The number of benzene rings is 2. The molecule has 0 unspecified atom stereocenters. The standard InChI is InChI=1S/C21H28N2O4S/c1-3-26-19-9-11-20(12-10-19)28(24,25)23-15-13-22(14-16-23)17-18-7-5-6-8-21(18)27-4-2/h5-12H,3-4,13-17H2,1-2H3. The van der Waals surface area contributed by atoms with Gasteiger partial charge in [0.05, 0.1) is 18.1 Å². The Morgan fingerprint density at radius 3 is 2.14 bits per heavy atom. The second-order valence-corrected chi connectivity index (χ2v) is 8.56. The van der Waals surface area contributed by atoms with Gasteiger partial charge < -0.3 is 9.47 Å². The van der Waals surface area contributed by atoms with Crippen molar-refractivity contribution >= 4 is 10.0 Å². The summed E-state index contributed by atoms with van der Waals surface area (Å²) in [6.45, 7) is 8.16. The van der Waals surface area contributed by atoms with Gasteiger partial charge in [-0.3, -0.25) is 4.90 Å². The monoisotopic (exact) mass is 404 g/mol. The van der Waals surface area contributed by atoms with Crippen molar-refractivity contribution in [2.45, 2.75) is 25.3 Å². The SMILES string of the molecule is CCOc1ccc(S(=O)(=O)N2CCN(Cc3ccccc3OCC)CC2)cc1. The Hall–Kier alpha value is -2.09. The minimum Gasteiger partial charge on any atom is -0.494 e. The van der Waals surface area contributed by atoms with Crippen molar-refractivity contribution in [3.8, 4) is 11.5 Å². The summed E-state index contributed by atoms with van der Waals surface area (Å²) in [5, 5.41) is 0. The molecule has 28 heavy (non-hydrogen) atoms. The number of piperazine rings is 1. The molecule has 1 saturated heterocycles. The maximum absolute atomic E-state index is 12.9. The smallest absolute Gasteiger partial charge is 0.243 e. The van der Waals surface area contributed by atoms with Gasteiger partial charge in [-0.05, 0) is 44.2 Å². The molecule has 1 fully saturated rings. The van der Waals surface area contributed by atoms with Gasteiger partial charge in [-0.25, -0.2) is 8.42 Å². The van der Waals surface area contributed by atoms with Crippen molar-refractivity contribution in [2.75, 3.05) is 39.4 Å². The van der Waals surface area contributed by atoms with Gasteiger partial charge in [0.15, 0.2) is 0 Å². The van der Waals surface area contributed by atoms with Crippen molar-refractivity contribution in [2.24, 2.45) is 0 Å². The fourth-order valence-corrected chi connectivity index (χ4v) is 4.75. The third-order valence-electron chi connectivity index (χ3n) is 4.77. The molecule has 0 aromatic heterocycles. The van der Waals surface area contributed by atoms with Gasteiger partial charge in [-0.2, -0.15) is 4.31 Å². The van der Waals surface area contributed by atoms with E-state index in [4.69, 9.17) is 9.47 Å². The largest absolute Gasteiger partial charge is 0.494 e. The van der Waals surface area contributed by atoms with Crippen molar-refractivity contribution in [3.63, 3.8) is 0 Å². The lowest BCUT2D eigenvalue weighted by Crippen LogP contribution is -2.48. The Morgan fingerprint density at radius 2 is 1.50 bits per heavy atom. The normalized spacial score (nSPS) is 16.1. The molecule has 0 radical (unpaired) electrons. The van der Waals surface area contributed by atoms with Crippen LogP contribution in [0.2, 0.25) is 0 Å². The van der Waals surface area contributed by atoms with E-state index in [0.717, 1.165) is 17.9 Å². The highest BCUT2D eigenvalue weighted by molar-refractivity contribution is 7.89. The number of ether oxygens (including phenoxy) is 2. The Balaban J connectivity index is 1.61. The molecule has 152 valence electrons. The van der Waals surface area contributed by atoms with Gasteiger partial charge in [0.1, 0.15) is 11.5 Å². The topological polar surface area (TPSA) is 59.1 Å². The van der Waals surface area contributed by atoms with E-state index >= 15 is 0 Å². The van der Waals surface area contributed by atoms with E-state index in [1.807, 2.05) is 32.0 Å². The van der Waals surface area contributed by atoms with E-state index in [2.05, 4.69) is 11.0 Å². The molecule has 0 atom stereocenters. The molecule has 3 rings (SSSR count). The molecule has 0 aliphatic carbocycles. The minimum atomic E-state index is -3.48. The summed E-state index contributed by atoms with van der Waals surface area (Å²) in [7, 11) is -3.48. The Morgan fingerprint density at radius 1 is 0.857 bits per heavy atom. The molecule has 2 aromatic rings. The second kappa shape index (κ2) is 9.41. The van der Waals surface area contributed by atoms with Crippen molar-refractivity contribution in [1.82, 2.24) is 9.21 Å². The molecular weight excluding hydrogens is 376 g/mol. The first kappa shape index (κ1) is 20.6. The molecule has 7 heteroatoms. The van der Waals surface area contributed by atoms with Gasteiger partial charge in [-0.15, -0.1) is 0 Å². The van der Waals surface area contributed by atoms with Crippen molar-refractivity contribution in [1.29, 1.82) is 0 Å². The molecular formula is C21H28N2O4S. The minimum absolute atomic E-state index is 0.311. The summed E-state index contributed by atoms with van der Waals surface area (Å²) in [6, 6.07) is 14.7. The molecule has 0 amide bonds. The molecule has 0 saturated carbocycles. The van der Waals surface area contributed by atoms with Gasteiger partial charge in [0.2, 0.25) is 10.0 Å². The van der Waals surface area contributed by atoms with Crippen molar-refractivity contribution < 1.29 is 17.9 Å². The number of rotatable bonds is 8. The zero-order valence-corrected chi connectivity index (χ0v) is 17.3. The van der Waals surface area contributed by atoms with Crippen LogP contribution in [0.5, 0.6) is 11.5 Å². The molecule has 2 aromatic carbocycles. The maximum Gasteiger partial charge on any atom is 0.243 e. The highest BCUT2D eigenvalue weighted by atomic mass is 32.2. The average molecular weight is 405 g/mol. The van der Waals surface area contributed by atoms with Crippen LogP contribution in [0.4, 0.5) is 0 Å². The third kappa shape index (κ3) is 4.84. The Bertz CT molecular complexity index is 860. The molecule has 1 heterocycles. The number of para-hydroxylation sites is 1.